The van der Waals surface area contributed by atoms with E-state index in [0.29, 0.717) is 5.56 Å². The van der Waals surface area contributed by atoms with Gasteiger partial charge in [-0.1, -0.05) is 46.3 Å². The second kappa shape index (κ2) is 10.5. The second-order valence-corrected chi connectivity index (χ2v) is 11.0. The molecule has 0 fully saturated rings. The van der Waals surface area contributed by atoms with Crippen LogP contribution in [-0.2, 0) is 0 Å². The lowest BCUT2D eigenvalue weighted by Crippen LogP contribution is -2.40. The Morgan fingerprint density at radius 2 is 1.57 bits per heavy atom. The molecule has 190 valence electrons. The molecule has 1 aliphatic carbocycles. The molecule has 0 saturated heterocycles. The summed E-state index contributed by atoms with van der Waals surface area (Å²) in [5, 5.41) is 1.82. The lowest BCUT2D eigenvalue weighted by molar-refractivity contribution is 0.0656. The molecule has 5 nitrogen and oxygen atoms in total. The monoisotopic (exact) mass is 556 g/mol. The standard InChI is InChI=1S/C31H33BrN4O/c1-34(2)26-15-11-21(12-16-26)19-23-7-6-10-28-29(23)33-36(31(37)24-8-5-9-25(32)20-24)30(28)22-13-17-27(18-14-22)35(3)4/h5,8-9,11-20,30,33H,6-7,10H2,1-4H3/b23-19+/t30-/m1/s1. The molecule has 0 radical (unpaired) electrons. The Balaban J connectivity index is 1.55. The minimum atomic E-state index is -0.155. The SMILES string of the molecule is CN(C)c1ccc(/C=C2\CCCC3=C2NN(C(=O)c2cccc(Br)c2)[C@@H]3c2ccc(N(C)C)cc2)cc1. The van der Waals surface area contributed by atoms with Crippen molar-refractivity contribution in [3.05, 3.63) is 111 Å². The first-order valence-electron chi connectivity index (χ1n) is 12.7. The number of rotatable bonds is 5. The van der Waals surface area contributed by atoms with Gasteiger partial charge in [0.25, 0.3) is 5.91 Å². The maximum absolute atomic E-state index is 13.9. The second-order valence-electron chi connectivity index (χ2n) is 10.1. The molecule has 3 aromatic rings. The Labute approximate surface area is 228 Å². The number of allylic oxidation sites excluding steroid dienone is 1. The summed E-state index contributed by atoms with van der Waals surface area (Å²) in [6, 6.07) is 24.6. The Hall–Kier alpha value is -3.51. The van der Waals surface area contributed by atoms with Crippen molar-refractivity contribution in [2.45, 2.75) is 25.3 Å². The van der Waals surface area contributed by atoms with Crippen LogP contribution in [0.25, 0.3) is 6.08 Å². The van der Waals surface area contributed by atoms with Gasteiger partial charge in [-0.2, -0.15) is 0 Å². The molecule has 0 saturated carbocycles. The van der Waals surface area contributed by atoms with Crippen molar-refractivity contribution < 1.29 is 4.79 Å². The van der Waals surface area contributed by atoms with Crippen LogP contribution >= 0.6 is 15.9 Å². The summed E-state index contributed by atoms with van der Waals surface area (Å²) in [4.78, 5) is 18.0. The van der Waals surface area contributed by atoms with Crippen molar-refractivity contribution in [1.82, 2.24) is 10.4 Å². The van der Waals surface area contributed by atoms with Gasteiger partial charge in [0.05, 0.1) is 5.70 Å². The molecule has 1 atom stereocenters. The van der Waals surface area contributed by atoms with E-state index in [-0.39, 0.29) is 11.9 Å². The summed E-state index contributed by atoms with van der Waals surface area (Å²) in [6.45, 7) is 0. The third-order valence-electron chi connectivity index (χ3n) is 7.12. The van der Waals surface area contributed by atoms with Crippen molar-refractivity contribution in [3.63, 3.8) is 0 Å². The number of hydrogen-bond donors (Lipinski definition) is 1. The normalized spacial score (nSPS) is 18.0. The summed E-state index contributed by atoms with van der Waals surface area (Å²) in [5.41, 5.74) is 12.4. The van der Waals surface area contributed by atoms with Crippen LogP contribution in [0, 0.1) is 0 Å². The number of benzene rings is 3. The van der Waals surface area contributed by atoms with Crippen molar-refractivity contribution in [2.24, 2.45) is 0 Å². The van der Waals surface area contributed by atoms with Gasteiger partial charge < -0.3 is 9.80 Å². The highest BCUT2D eigenvalue weighted by Crippen LogP contribution is 2.44. The molecular weight excluding hydrogens is 524 g/mol. The van der Waals surface area contributed by atoms with Crippen molar-refractivity contribution in [2.75, 3.05) is 38.0 Å². The van der Waals surface area contributed by atoms with Gasteiger partial charge in [0, 0.05) is 49.6 Å². The lowest BCUT2D eigenvalue weighted by atomic mass is 9.85. The number of nitrogens with zero attached hydrogens (tertiary/aromatic N) is 3. The molecule has 0 aromatic heterocycles. The fourth-order valence-electron chi connectivity index (χ4n) is 5.13. The maximum Gasteiger partial charge on any atom is 0.273 e. The van der Waals surface area contributed by atoms with Crippen LogP contribution < -0.4 is 15.2 Å². The lowest BCUT2D eigenvalue weighted by Gasteiger charge is -2.27. The van der Waals surface area contributed by atoms with Crippen molar-refractivity contribution >= 4 is 39.3 Å². The van der Waals surface area contributed by atoms with Gasteiger partial charge in [0.2, 0.25) is 0 Å². The molecule has 6 heteroatoms. The molecule has 5 rings (SSSR count). The number of nitrogens with one attached hydrogen (secondary N) is 1. The van der Waals surface area contributed by atoms with Gasteiger partial charge in [-0.05, 0) is 90.1 Å². The van der Waals surface area contributed by atoms with E-state index in [1.807, 2.05) is 43.4 Å². The summed E-state index contributed by atoms with van der Waals surface area (Å²) < 4.78 is 0.893. The van der Waals surface area contributed by atoms with Gasteiger partial charge in [-0.25, -0.2) is 5.01 Å². The highest BCUT2D eigenvalue weighted by atomic mass is 79.9. The summed E-state index contributed by atoms with van der Waals surface area (Å²) >= 11 is 3.52. The first-order valence-corrected chi connectivity index (χ1v) is 13.5. The number of carbonyl (C=O) groups excluding carboxylic acids is 1. The van der Waals surface area contributed by atoms with Gasteiger partial charge in [-0.3, -0.25) is 10.2 Å². The van der Waals surface area contributed by atoms with Crippen molar-refractivity contribution in [3.8, 4) is 0 Å². The van der Waals surface area contributed by atoms with E-state index in [9.17, 15) is 4.79 Å². The largest absolute Gasteiger partial charge is 0.378 e. The molecule has 2 aliphatic rings. The average Bonchev–Trinajstić information content (AvgIpc) is 3.29. The third kappa shape index (κ3) is 5.16. The van der Waals surface area contributed by atoms with Gasteiger partial charge >= 0.3 is 0 Å². The van der Waals surface area contributed by atoms with Gasteiger partial charge in [0.1, 0.15) is 6.04 Å². The van der Waals surface area contributed by atoms with E-state index >= 15 is 0 Å². The maximum atomic E-state index is 13.9. The zero-order valence-electron chi connectivity index (χ0n) is 21.8. The Kier molecular flexibility index (Phi) is 7.11. The number of carbonyl (C=O) groups is 1. The molecule has 1 N–H and O–H groups in total. The smallest absolute Gasteiger partial charge is 0.273 e. The zero-order chi connectivity index (χ0) is 26.1. The topological polar surface area (TPSA) is 38.8 Å². The van der Waals surface area contributed by atoms with Crippen molar-refractivity contribution in [1.29, 1.82) is 0 Å². The molecule has 3 aromatic carbocycles. The van der Waals surface area contributed by atoms with Crippen LogP contribution in [0.2, 0.25) is 0 Å². The fourth-order valence-corrected chi connectivity index (χ4v) is 5.53. The van der Waals surface area contributed by atoms with Crippen LogP contribution in [0.15, 0.2) is 94.1 Å². The van der Waals surface area contributed by atoms with E-state index in [1.54, 1.807) is 0 Å². The van der Waals surface area contributed by atoms with E-state index in [0.717, 1.165) is 40.7 Å². The molecule has 0 unspecified atom stereocenters. The number of amides is 1. The van der Waals surface area contributed by atoms with Crippen LogP contribution in [-0.4, -0.2) is 39.1 Å². The Bertz CT molecular complexity index is 1360. The van der Waals surface area contributed by atoms with Gasteiger partial charge in [0.15, 0.2) is 0 Å². The summed E-state index contributed by atoms with van der Waals surface area (Å²) in [6.07, 6.45) is 5.27. The predicted molar refractivity (Wildman–Crippen MR) is 157 cm³/mol. The number of anilines is 2. The van der Waals surface area contributed by atoms with Crippen LogP contribution in [0.4, 0.5) is 11.4 Å². The highest BCUT2D eigenvalue weighted by molar-refractivity contribution is 9.10. The molecule has 37 heavy (non-hydrogen) atoms. The van der Waals surface area contributed by atoms with Gasteiger partial charge in [-0.15, -0.1) is 0 Å². The first-order chi connectivity index (χ1) is 17.8. The zero-order valence-corrected chi connectivity index (χ0v) is 23.4. The minimum Gasteiger partial charge on any atom is -0.378 e. The van der Waals surface area contributed by atoms with Crippen LogP contribution in [0.5, 0.6) is 0 Å². The van der Waals surface area contributed by atoms with E-state index < -0.39 is 0 Å². The Morgan fingerprint density at radius 1 is 0.919 bits per heavy atom. The number of halogens is 1. The summed E-state index contributed by atoms with van der Waals surface area (Å²) in [5.74, 6) is -0.0351. The fraction of sp³-hybridized carbons (Fsp3) is 0.258. The minimum absolute atomic E-state index is 0.0351. The molecule has 1 amide bonds. The van der Waals surface area contributed by atoms with Crippen LogP contribution in [0.3, 0.4) is 0 Å². The summed E-state index contributed by atoms with van der Waals surface area (Å²) in [7, 11) is 8.19. The first kappa shape index (κ1) is 25.2. The molecule has 0 spiro atoms. The molecule has 0 bridgehead atoms. The van der Waals surface area contributed by atoms with E-state index in [2.05, 4.69) is 99.9 Å². The highest BCUT2D eigenvalue weighted by Gasteiger charge is 2.39. The van der Waals surface area contributed by atoms with Crippen LogP contribution in [0.1, 0.15) is 46.8 Å². The molecule has 1 aliphatic heterocycles. The average molecular weight is 558 g/mol. The molecular formula is C31H33BrN4O. The van der Waals surface area contributed by atoms with E-state index in [1.165, 1.54) is 22.4 Å². The van der Waals surface area contributed by atoms with E-state index in [4.69, 9.17) is 0 Å². The third-order valence-corrected chi connectivity index (χ3v) is 7.61. The Morgan fingerprint density at radius 3 is 2.19 bits per heavy atom. The number of hydrazine groups is 1. The molecule has 1 heterocycles. The predicted octanol–water partition coefficient (Wildman–Crippen LogP) is 6.80. The quantitative estimate of drug-likeness (QED) is 0.375. The number of hydrogen-bond acceptors (Lipinski definition) is 4.